The van der Waals surface area contributed by atoms with Gasteiger partial charge in [0.05, 0.1) is 0 Å². The van der Waals surface area contributed by atoms with Gasteiger partial charge in [0.15, 0.2) is 5.96 Å². The fraction of sp³-hybridized carbons (Fsp3) is 0.480. The van der Waals surface area contributed by atoms with Gasteiger partial charge in [-0.1, -0.05) is 24.3 Å². The number of guanidine groups is 1. The summed E-state index contributed by atoms with van der Waals surface area (Å²) in [5, 5.41) is 6.92. The van der Waals surface area contributed by atoms with Gasteiger partial charge < -0.3 is 20.4 Å². The Balaban J connectivity index is 0.00000306. The zero-order valence-corrected chi connectivity index (χ0v) is 21.9. The molecule has 8 heteroatoms. The largest absolute Gasteiger partial charge is 0.356 e. The molecule has 1 fully saturated rings. The summed E-state index contributed by atoms with van der Waals surface area (Å²) in [5.41, 5.74) is 3.41. The number of halogens is 1. The summed E-state index contributed by atoms with van der Waals surface area (Å²) in [6.07, 6.45) is 4.37. The van der Waals surface area contributed by atoms with Gasteiger partial charge in [-0.15, -0.1) is 24.0 Å². The molecule has 1 saturated heterocycles. The van der Waals surface area contributed by atoms with Crippen molar-refractivity contribution in [1.82, 2.24) is 15.6 Å². The third-order valence-corrected chi connectivity index (χ3v) is 6.31. The van der Waals surface area contributed by atoms with E-state index in [1.165, 1.54) is 5.56 Å². The Morgan fingerprint density at radius 2 is 1.91 bits per heavy atom. The van der Waals surface area contributed by atoms with Crippen LogP contribution in [0.3, 0.4) is 0 Å². The lowest BCUT2D eigenvalue weighted by atomic mass is 10.1. The van der Waals surface area contributed by atoms with Gasteiger partial charge in [0.25, 0.3) is 0 Å². The first-order chi connectivity index (χ1) is 15.6. The molecule has 2 aromatic rings. The number of pyridine rings is 1. The number of piperidine rings is 1. The van der Waals surface area contributed by atoms with Crippen LogP contribution in [0.25, 0.3) is 0 Å². The van der Waals surface area contributed by atoms with E-state index in [-0.39, 0.29) is 29.9 Å². The van der Waals surface area contributed by atoms with Crippen molar-refractivity contribution in [3.05, 3.63) is 53.7 Å². The van der Waals surface area contributed by atoms with E-state index in [4.69, 9.17) is 0 Å². The molecule has 2 N–H and O–H groups in total. The average molecular weight is 563 g/mol. The standard InChI is InChI=1S/C25H34N6O.HI/c1-19-7-5-10-23(28-19)30-16-13-21(14-17-30)29-25(26-2)27-15-6-11-24(32)31-18-12-20-8-3-4-9-22(20)31;/h3-5,7-10,21H,6,11-18H2,1-2H3,(H2,26,27,29);1H. The molecule has 0 aliphatic carbocycles. The summed E-state index contributed by atoms with van der Waals surface area (Å²) >= 11 is 0. The Morgan fingerprint density at radius 3 is 2.67 bits per heavy atom. The summed E-state index contributed by atoms with van der Waals surface area (Å²) in [6.45, 7) is 5.53. The molecule has 0 bridgehead atoms. The number of carbonyl (C=O) groups is 1. The predicted molar refractivity (Wildman–Crippen MR) is 146 cm³/mol. The molecule has 0 unspecified atom stereocenters. The fourth-order valence-corrected chi connectivity index (χ4v) is 4.52. The normalized spacial score (nSPS) is 16.2. The highest BCUT2D eigenvalue weighted by atomic mass is 127. The Labute approximate surface area is 214 Å². The number of amides is 1. The number of aliphatic imine (C=N–C) groups is 1. The number of aromatic nitrogens is 1. The van der Waals surface area contributed by atoms with Crippen LogP contribution in [0.5, 0.6) is 0 Å². The lowest BCUT2D eigenvalue weighted by molar-refractivity contribution is -0.118. The van der Waals surface area contributed by atoms with Crippen LogP contribution in [0.4, 0.5) is 11.5 Å². The minimum Gasteiger partial charge on any atom is -0.356 e. The first-order valence-electron chi connectivity index (χ1n) is 11.7. The van der Waals surface area contributed by atoms with Crippen LogP contribution >= 0.6 is 24.0 Å². The zero-order chi connectivity index (χ0) is 22.3. The van der Waals surface area contributed by atoms with Crippen molar-refractivity contribution in [1.29, 1.82) is 0 Å². The van der Waals surface area contributed by atoms with Crippen molar-refractivity contribution in [3.8, 4) is 0 Å². The number of nitrogens with zero attached hydrogens (tertiary/aromatic N) is 4. The lowest BCUT2D eigenvalue weighted by Crippen LogP contribution is -2.49. The van der Waals surface area contributed by atoms with E-state index in [1.54, 1.807) is 7.05 Å². The molecule has 0 atom stereocenters. The Bertz CT molecular complexity index is 957. The highest BCUT2D eigenvalue weighted by Crippen LogP contribution is 2.28. The minimum atomic E-state index is 0. The Morgan fingerprint density at radius 1 is 1.12 bits per heavy atom. The third kappa shape index (κ3) is 6.59. The molecule has 4 rings (SSSR count). The first kappa shape index (κ1) is 25.3. The van der Waals surface area contributed by atoms with Gasteiger partial charge in [0.2, 0.25) is 5.91 Å². The summed E-state index contributed by atoms with van der Waals surface area (Å²) in [6, 6.07) is 14.8. The number of rotatable bonds is 6. The van der Waals surface area contributed by atoms with Crippen molar-refractivity contribution >= 4 is 47.3 Å². The van der Waals surface area contributed by atoms with E-state index in [9.17, 15) is 4.79 Å². The van der Waals surface area contributed by atoms with Crippen LogP contribution in [0.2, 0.25) is 0 Å². The second kappa shape index (κ2) is 12.2. The lowest BCUT2D eigenvalue weighted by Gasteiger charge is -2.34. The van der Waals surface area contributed by atoms with E-state index < -0.39 is 0 Å². The number of carbonyl (C=O) groups excluding carboxylic acids is 1. The second-order valence-corrected chi connectivity index (χ2v) is 8.57. The quantitative estimate of drug-likeness (QED) is 0.244. The van der Waals surface area contributed by atoms with E-state index in [0.717, 1.165) is 75.0 Å². The number of hydrogen-bond acceptors (Lipinski definition) is 4. The summed E-state index contributed by atoms with van der Waals surface area (Å²) in [5.74, 6) is 2.09. The van der Waals surface area contributed by atoms with E-state index in [0.29, 0.717) is 12.5 Å². The maximum absolute atomic E-state index is 12.7. The molecule has 3 heterocycles. The van der Waals surface area contributed by atoms with Gasteiger partial charge in [-0.3, -0.25) is 9.79 Å². The van der Waals surface area contributed by atoms with Crippen LogP contribution in [0.1, 0.15) is 36.9 Å². The number of benzene rings is 1. The monoisotopic (exact) mass is 562 g/mol. The zero-order valence-electron chi connectivity index (χ0n) is 19.6. The summed E-state index contributed by atoms with van der Waals surface area (Å²) in [4.78, 5) is 25.9. The van der Waals surface area contributed by atoms with Crippen molar-refractivity contribution in [2.45, 2.75) is 45.1 Å². The maximum atomic E-state index is 12.7. The third-order valence-electron chi connectivity index (χ3n) is 6.31. The number of aryl methyl sites for hydroxylation is 1. The fourth-order valence-electron chi connectivity index (χ4n) is 4.52. The smallest absolute Gasteiger partial charge is 0.227 e. The summed E-state index contributed by atoms with van der Waals surface area (Å²) < 4.78 is 0. The van der Waals surface area contributed by atoms with E-state index in [2.05, 4.69) is 43.7 Å². The van der Waals surface area contributed by atoms with Gasteiger partial charge in [-0.25, -0.2) is 4.98 Å². The molecule has 2 aliphatic heterocycles. The van der Waals surface area contributed by atoms with E-state index in [1.807, 2.05) is 36.1 Å². The van der Waals surface area contributed by atoms with Gasteiger partial charge in [-0.05, 0) is 56.4 Å². The predicted octanol–water partition coefficient (Wildman–Crippen LogP) is 3.51. The molecule has 1 amide bonds. The van der Waals surface area contributed by atoms with Crippen LogP contribution < -0.4 is 20.4 Å². The van der Waals surface area contributed by atoms with Crippen LogP contribution in [0.15, 0.2) is 47.5 Å². The van der Waals surface area contributed by atoms with Crippen molar-refractivity contribution < 1.29 is 4.79 Å². The molecular formula is C25H35IN6O. The van der Waals surface area contributed by atoms with Crippen LogP contribution in [-0.2, 0) is 11.2 Å². The number of anilines is 2. The molecule has 2 aliphatic rings. The molecule has 0 radical (unpaired) electrons. The topological polar surface area (TPSA) is 72.9 Å². The molecule has 1 aromatic heterocycles. The molecule has 0 saturated carbocycles. The maximum Gasteiger partial charge on any atom is 0.227 e. The van der Waals surface area contributed by atoms with Gasteiger partial charge in [0, 0.05) is 57.1 Å². The second-order valence-electron chi connectivity index (χ2n) is 8.57. The molecule has 7 nitrogen and oxygen atoms in total. The first-order valence-corrected chi connectivity index (χ1v) is 11.7. The Hall–Kier alpha value is -2.36. The molecular weight excluding hydrogens is 527 g/mol. The van der Waals surface area contributed by atoms with Crippen molar-refractivity contribution in [2.75, 3.05) is 43.0 Å². The highest BCUT2D eigenvalue weighted by Gasteiger charge is 2.24. The average Bonchev–Trinajstić information content (AvgIpc) is 3.25. The van der Waals surface area contributed by atoms with Gasteiger partial charge >= 0.3 is 0 Å². The summed E-state index contributed by atoms with van der Waals surface area (Å²) in [7, 11) is 1.80. The highest BCUT2D eigenvalue weighted by molar-refractivity contribution is 14.0. The number of fused-ring (bicyclic) bond motifs is 1. The molecule has 33 heavy (non-hydrogen) atoms. The van der Waals surface area contributed by atoms with Crippen molar-refractivity contribution in [2.24, 2.45) is 4.99 Å². The number of hydrogen-bond donors (Lipinski definition) is 2. The van der Waals surface area contributed by atoms with Gasteiger partial charge in [-0.2, -0.15) is 0 Å². The van der Waals surface area contributed by atoms with Crippen LogP contribution in [-0.4, -0.2) is 56.1 Å². The van der Waals surface area contributed by atoms with E-state index >= 15 is 0 Å². The Kier molecular flexibility index (Phi) is 9.34. The number of nitrogens with one attached hydrogen (secondary N) is 2. The minimum absolute atomic E-state index is 0. The van der Waals surface area contributed by atoms with Crippen molar-refractivity contribution in [3.63, 3.8) is 0 Å². The number of para-hydroxylation sites is 1. The van der Waals surface area contributed by atoms with Crippen LogP contribution in [0, 0.1) is 6.92 Å². The molecule has 0 spiro atoms. The molecule has 1 aromatic carbocycles. The molecule has 178 valence electrons. The van der Waals surface area contributed by atoms with Gasteiger partial charge in [0.1, 0.15) is 5.82 Å². The SMILES string of the molecule is CN=C(NCCCC(=O)N1CCc2ccccc21)NC1CCN(c2cccc(C)n2)CC1.I.